The molecule has 0 bridgehead atoms. The van der Waals surface area contributed by atoms with Gasteiger partial charge in [0.2, 0.25) is 0 Å². The van der Waals surface area contributed by atoms with E-state index in [1.807, 2.05) is 6.07 Å². The standard InChI is InChI=1S/C15H23BrFNO/c1-5-15(3,19-4)14(18-6-2)9-11-7-12(16)10-13(17)8-11/h7-8,10,14,18H,5-6,9H2,1-4H3. The number of nitrogens with one attached hydrogen (secondary N) is 1. The Kier molecular flexibility index (Phi) is 6.43. The summed E-state index contributed by atoms with van der Waals surface area (Å²) in [5.41, 5.74) is 0.712. The van der Waals surface area contributed by atoms with Crippen molar-refractivity contribution in [3.05, 3.63) is 34.1 Å². The van der Waals surface area contributed by atoms with Crippen LogP contribution in [0.25, 0.3) is 0 Å². The van der Waals surface area contributed by atoms with Gasteiger partial charge in [-0.1, -0.05) is 29.8 Å². The molecule has 0 aliphatic rings. The lowest BCUT2D eigenvalue weighted by atomic mass is 9.88. The molecular weight excluding hydrogens is 309 g/mol. The molecule has 1 aromatic carbocycles. The molecule has 1 aromatic rings. The highest BCUT2D eigenvalue weighted by atomic mass is 79.9. The van der Waals surface area contributed by atoms with E-state index in [4.69, 9.17) is 4.74 Å². The molecule has 4 heteroatoms. The Balaban J connectivity index is 2.94. The molecule has 0 aliphatic heterocycles. The largest absolute Gasteiger partial charge is 0.377 e. The maximum absolute atomic E-state index is 13.4. The Morgan fingerprint density at radius 1 is 1.37 bits per heavy atom. The van der Waals surface area contributed by atoms with E-state index in [2.05, 4.69) is 42.0 Å². The van der Waals surface area contributed by atoms with Crippen LogP contribution in [0.1, 0.15) is 32.8 Å². The molecule has 2 unspecified atom stereocenters. The Bertz CT molecular complexity index is 387. The second kappa shape index (κ2) is 7.36. The summed E-state index contributed by atoms with van der Waals surface area (Å²) in [7, 11) is 1.73. The quantitative estimate of drug-likeness (QED) is 0.817. The van der Waals surface area contributed by atoms with Crippen LogP contribution in [0, 0.1) is 5.82 Å². The minimum absolute atomic E-state index is 0.154. The van der Waals surface area contributed by atoms with E-state index in [0.717, 1.165) is 29.4 Å². The van der Waals surface area contributed by atoms with Crippen LogP contribution in [0.3, 0.4) is 0 Å². The SMILES string of the molecule is CCNC(Cc1cc(F)cc(Br)c1)C(C)(CC)OC. The minimum Gasteiger partial charge on any atom is -0.377 e. The van der Waals surface area contributed by atoms with E-state index >= 15 is 0 Å². The maximum Gasteiger partial charge on any atom is 0.124 e. The second-order valence-corrected chi connectivity index (χ2v) is 5.88. The zero-order valence-corrected chi connectivity index (χ0v) is 13.7. The van der Waals surface area contributed by atoms with E-state index in [1.165, 1.54) is 6.07 Å². The summed E-state index contributed by atoms with van der Waals surface area (Å²) in [5.74, 6) is -0.213. The Labute approximate surface area is 123 Å². The maximum atomic E-state index is 13.4. The molecule has 0 saturated carbocycles. The number of rotatable bonds is 7. The summed E-state index contributed by atoms with van der Waals surface area (Å²) >= 11 is 3.33. The van der Waals surface area contributed by atoms with E-state index in [0.29, 0.717) is 0 Å². The number of ether oxygens (including phenoxy) is 1. The van der Waals surface area contributed by atoms with E-state index in [1.54, 1.807) is 13.2 Å². The molecule has 0 radical (unpaired) electrons. The first kappa shape index (κ1) is 16.6. The van der Waals surface area contributed by atoms with Crippen molar-refractivity contribution in [1.29, 1.82) is 0 Å². The van der Waals surface area contributed by atoms with Gasteiger partial charge in [0.1, 0.15) is 5.82 Å². The average molecular weight is 332 g/mol. The van der Waals surface area contributed by atoms with Gasteiger partial charge >= 0.3 is 0 Å². The fourth-order valence-corrected chi connectivity index (χ4v) is 2.76. The lowest BCUT2D eigenvalue weighted by Gasteiger charge is -2.36. The van der Waals surface area contributed by atoms with Crippen molar-refractivity contribution in [2.45, 2.75) is 45.3 Å². The highest BCUT2D eigenvalue weighted by Gasteiger charge is 2.32. The summed E-state index contributed by atoms with van der Waals surface area (Å²) in [6.07, 6.45) is 1.64. The number of likely N-dealkylation sites (N-methyl/N-ethyl adjacent to an activating group) is 1. The van der Waals surface area contributed by atoms with Crippen LogP contribution in [0.2, 0.25) is 0 Å². The molecule has 0 saturated heterocycles. The first-order valence-electron chi connectivity index (χ1n) is 6.68. The Hall–Kier alpha value is -0.450. The normalized spacial score (nSPS) is 16.1. The summed E-state index contributed by atoms with van der Waals surface area (Å²) in [6, 6.07) is 5.17. The molecule has 0 fully saturated rings. The van der Waals surface area contributed by atoms with Gasteiger partial charge in [0.25, 0.3) is 0 Å². The zero-order valence-electron chi connectivity index (χ0n) is 12.1. The van der Waals surface area contributed by atoms with Gasteiger partial charge in [-0.25, -0.2) is 4.39 Å². The molecule has 0 aliphatic carbocycles. The fourth-order valence-electron chi connectivity index (χ4n) is 2.25. The highest BCUT2D eigenvalue weighted by Crippen LogP contribution is 2.24. The van der Waals surface area contributed by atoms with Crippen LogP contribution >= 0.6 is 15.9 Å². The highest BCUT2D eigenvalue weighted by molar-refractivity contribution is 9.10. The second-order valence-electron chi connectivity index (χ2n) is 4.96. The molecule has 2 nitrogen and oxygen atoms in total. The van der Waals surface area contributed by atoms with Crippen LogP contribution in [0.4, 0.5) is 4.39 Å². The molecule has 0 heterocycles. The monoisotopic (exact) mass is 331 g/mol. The smallest absolute Gasteiger partial charge is 0.124 e. The number of hydrogen-bond acceptors (Lipinski definition) is 2. The Morgan fingerprint density at radius 2 is 2.05 bits per heavy atom. The fraction of sp³-hybridized carbons (Fsp3) is 0.600. The molecule has 2 atom stereocenters. The third-order valence-electron chi connectivity index (χ3n) is 3.72. The predicted molar refractivity (Wildman–Crippen MR) is 81.0 cm³/mol. The lowest BCUT2D eigenvalue weighted by molar-refractivity contribution is -0.0283. The van der Waals surface area contributed by atoms with E-state index in [9.17, 15) is 4.39 Å². The van der Waals surface area contributed by atoms with Crippen molar-refractivity contribution in [3.8, 4) is 0 Å². The van der Waals surface area contributed by atoms with Gasteiger partial charge < -0.3 is 10.1 Å². The Morgan fingerprint density at radius 3 is 2.53 bits per heavy atom. The van der Waals surface area contributed by atoms with Gasteiger partial charge in [-0.15, -0.1) is 0 Å². The van der Waals surface area contributed by atoms with Gasteiger partial charge in [0, 0.05) is 17.6 Å². The van der Waals surface area contributed by atoms with Crippen LogP contribution < -0.4 is 5.32 Å². The van der Waals surface area contributed by atoms with Crippen molar-refractivity contribution in [1.82, 2.24) is 5.32 Å². The first-order chi connectivity index (χ1) is 8.95. The molecule has 1 N–H and O–H groups in total. The van der Waals surface area contributed by atoms with E-state index < -0.39 is 0 Å². The summed E-state index contributed by atoms with van der Waals surface area (Å²) in [6.45, 7) is 7.13. The van der Waals surface area contributed by atoms with E-state index in [-0.39, 0.29) is 17.5 Å². The average Bonchev–Trinajstić information content (AvgIpc) is 2.36. The van der Waals surface area contributed by atoms with Crippen molar-refractivity contribution in [2.24, 2.45) is 0 Å². The third-order valence-corrected chi connectivity index (χ3v) is 4.18. The molecule has 19 heavy (non-hydrogen) atoms. The molecule has 0 aromatic heterocycles. The lowest BCUT2D eigenvalue weighted by Crippen LogP contribution is -2.51. The van der Waals surface area contributed by atoms with Crippen LogP contribution in [0.15, 0.2) is 22.7 Å². The van der Waals surface area contributed by atoms with Gasteiger partial charge in [0.05, 0.1) is 5.60 Å². The number of halogens is 2. The molecular formula is C15H23BrFNO. The van der Waals surface area contributed by atoms with Crippen molar-refractivity contribution in [2.75, 3.05) is 13.7 Å². The van der Waals surface area contributed by atoms with Crippen molar-refractivity contribution < 1.29 is 9.13 Å². The summed E-state index contributed by atoms with van der Waals surface area (Å²) in [5, 5.41) is 3.45. The number of methoxy groups -OCH3 is 1. The first-order valence-corrected chi connectivity index (χ1v) is 7.48. The van der Waals surface area contributed by atoms with Crippen molar-refractivity contribution >= 4 is 15.9 Å². The molecule has 108 valence electrons. The van der Waals surface area contributed by atoms with Crippen LogP contribution in [-0.4, -0.2) is 25.3 Å². The zero-order chi connectivity index (χ0) is 14.5. The topological polar surface area (TPSA) is 21.3 Å². The predicted octanol–water partition coefficient (Wildman–Crippen LogP) is 3.92. The summed E-state index contributed by atoms with van der Waals surface area (Å²) in [4.78, 5) is 0. The van der Waals surface area contributed by atoms with Crippen molar-refractivity contribution in [3.63, 3.8) is 0 Å². The number of hydrogen-bond donors (Lipinski definition) is 1. The summed E-state index contributed by atoms with van der Waals surface area (Å²) < 4.78 is 19.9. The molecule has 0 spiro atoms. The van der Waals surface area contributed by atoms with Gasteiger partial charge in [-0.05, 0) is 50.1 Å². The third kappa shape index (κ3) is 4.55. The molecule has 1 rings (SSSR count). The minimum atomic E-state index is -0.255. The van der Waals surface area contributed by atoms with Gasteiger partial charge in [-0.3, -0.25) is 0 Å². The van der Waals surface area contributed by atoms with Crippen LogP contribution in [-0.2, 0) is 11.2 Å². The van der Waals surface area contributed by atoms with Crippen LogP contribution in [0.5, 0.6) is 0 Å². The number of benzene rings is 1. The van der Waals surface area contributed by atoms with Gasteiger partial charge in [-0.2, -0.15) is 0 Å². The molecule has 0 amide bonds. The van der Waals surface area contributed by atoms with Gasteiger partial charge in [0.15, 0.2) is 0 Å².